The van der Waals surface area contributed by atoms with Crippen molar-refractivity contribution in [2.75, 3.05) is 0 Å². The highest BCUT2D eigenvalue weighted by atomic mass is 14.9. The van der Waals surface area contributed by atoms with Crippen LogP contribution >= 0.6 is 0 Å². The molecule has 0 aliphatic heterocycles. The molecule has 1 N–H and O–H groups in total. The van der Waals surface area contributed by atoms with Crippen LogP contribution in [0, 0.1) is 0 Å². The van der Waals surface area contributed by atoms with Gasteiger partial charge in [-0.25, -0.2) is 9.97 Å². The predicted octanol–water partition coefficient (Wildman–Crippen LogP) is 4.67. The van der Waals surface area contributed by atoms with E-state index in [0.29, 0.717) is 5.92 Å². The molecule has 0 atom stereocenters. The van der Waals surface area contributed by atoms with Gasteiger partial charge < -0.3 is 4.98 Å². The number of H-pyrrole nitrogens is 1. The number of nitrogens with one attached hydrogen (secondary N) is 1. The average molecular weight is 277 g/mol. The first kappa shape index (κ1) is 12.6. The Labute approximate surface area is 124 Å². The minimum atomic E-state index is 0.574. The third kappa shape index (κ3) is 2.33. The van der Waals surface area contributed by atoms with Crippen molar-refractivity contribution in [2.24, 2.45) is 0 Å². The van der Waals surface area contributed by atoms with E-state index in [1.165, 1.54) is 37.8 Å². The van der Waals surface area contributed by atoms with Gasteiger partial charge in [-0.3, -0.25) is 0 Å². The van der Waals surface area contributed by atoms with Gasteiger partial charge in [0, 0.05) is 17.7 Å². The molecule has 2 heterocycles. The molecular weight excluding hydrogens is 258 g/mol. The second-order valence-corrected chi connectivity index (χ2v) is 5.87. The quantitative estimate of drug-likeness (QED) is 0.739. The lowest BCUT2D eigenvalue weighted by Crippen LogP contribution is -2.08. The summed E-state index contributed by atoms with van der Waals surface area (Å²) in [5.74, 6) is 1.42. The second kappa shape index (κ2) is 5.32. The summed E-state index contributed by atoms with van der Waals surface area (Å²) in [5.41, 5.74) is 4.47. The van der Waals surface area contributed by atoms with Gasteiger partial charge in [-0.2, -0.15) is 0 Å². The predicted molar refractivity (Wildman–Crippen MR) is 85.2 cm³/mol. The summed E-state index contributed by atoms with van der Waals surface area (Å²) in [7, 11) is 0. The average Bonchev–Trinajstić information content (AvgIpc) is 3.04. The van der Waals surface area contributed by atoms with E-state index < -0.39 is 0 Å². The monoisotopic (exact) mass is 277 g/mol. The number of rotatable bonds is 2. The maximum absolute atomic E-state index is 4.92. The molecule has 2 aromatic heterocycles. The van der Waals surface area contributed by atoms with Crippen molar-refractivity contribution in [3.05, 3.63) is 48.3 Å². The lowest BCUT2D eigenvalue weighted by molar-refractivity contribution is 0.438. The van der Waals surface area contributed by atoms with Gasteiger partial charge in [0.2, 0.25) is 0 Å². The lowest BCUT2D eigenvalue weighted by atomic mass is 9.86. The van der Waals surface area contributed by atoms with Crippen LogP contribution < -0.4 is 0 Å². The summed E-state index contributed by atoms with van der Waals surface area (Å²) in [5, 5.41) is 0. The van der Waals surface area contributed by atoms with Gasteiger partial charge in [0.25, 0.3) is 0 Å². The fraction of sp³-hybridized carbons (Fsp3) is 0.333. The second-order valence-electron chi connectivity index (χ2n) is 5.87. The number of benzene rings is 1. The first-order chi connectivity index (χ1) is 10.4. The molecule has 0 amide bonds. The Hall–Kier alpha value is -2.16. The van der Waals surface area contributed by atoms with Crippen LogP contribution in [0.4, 0.5) is 0 Å². The zero-order valence-corrected chi connectivity index (χ0v) is 12.0. The van der Waals surface area contributed by atoms with E-state index >= 15 is 0 Å². The molecule has 0 saturated heterocycles. The van der Waals surface area contributed by atoms with E-state index in [4.69, 9.17) is 9.97 Å². The molecule has 1 fully saturated rings. The smallest absolute Gasteiger partial charge is 0.160 e. The van der Waals surface area contributed by atoms with E-state index in [9.17, 15) is 0 Å². The van der Waals surface area contributed by atoms with Crippen molar-refractivity contribution in [1.29, 1.82) is 0 Å². The Balaban J connectivity index is 1.86. The third-order valence-corrected chi connectivity index (χ3v) is 4.46. The highest BCUT2D eigenvalue weighted by Gasteiger charge is 2.21. The number of nitrogens with zero attached hydrogens (tertiary/aromatic N) is 2. The Morgan fingerprint density at radius 2 is 1.71 bits per heavy atom. The third-order valence-electron chi connectivity index (χ3n) is 4.46. The first-order valence-electron chi connectivity index (χ1n) is 7.82. The van der Waals surface area contributed by atoms with Crippen LogP contribution in [0.2, 0.25) is 0 Å². The zero-order chi connectivity index (χ0) is 14.1. The molecule has 1 aromatic carbocycles. The van der Waals surface area contributed by atoms with Crippen molar-refractivity contribution in [2.45, 2.75) is 38.0 Å². The van der Waals surface area contributed by atoms with Gasteiger partial charge in [-0.05, 0) is 18.9 Å². The highest BCUT2D eigenvalue weighted by Crippen LogP contribution is 2.35. The standard InChI is InChI=1S/C18H19N3/c1-3-7-13(8-4-1)16-17-15(11-12-19-17)20-18(21-16)14-9-5-2-6-10-14/h2,5-6,9-13,19H,1,3-4,7-8H2. The van der Waals surface area contributed by atoms with Crippen LogP contribution in [-0.2, 0) is 0 Å². The van der Waals surface area contributed by atoms with E-state index in [1.807, 2.05) is 24.4 Å². The van der Waals surface area contributed by atoms with Crippen LogP contribution in [0.5, 0.6) is 0 Å². The molecule has 3 nitrogen and oxygen atoms in total. The van der Waals surface area contributed by atoms with E-state index in [2.05, 4.69) is 23.2 Å². The number of hydrogen-bond donors (Lipinski definition) is 1. The first-order valence-corrected chi connectivity index (χ1v) is 7.82. The molecule has 21 heavy (non-hydrogen) atoms. The van der Waals surface area contributed by atoms with Crippen LogP contribution in [0.1, 0.15) is 43.7 Å². The SMILES string of the molecule is c1ccc(-c2nc(C3CCCCC3)c3[nH]ccc3n2)cc1. The molecule has 1 saturated carbocycles. The van der Waals surface area contributed by atoms with Crippen molar-refractivity contribution in [1.82, 2.24) is 15.0 Å². The van der Waals surface area contributed by atoms with Crippen LogP contribution in [0.25, 0.3) is 22.4 Å². The Bertz CT molecular complexity index is 740. The topological polar surface area (TPSA) is 41.6 Å². The van der Waals surface area contributed by atoms with Crippen LogP contribution in [-0.4, -0.2) is 15.0 Å². The molecule has 0 bridgehead atoms. The Kier molecular flexibility index (Phi) is 3.18. The van der Waals surface area contributed by atoms with Crippen LogP contribution in [0.15, 0.2) is 42.6 Å². The van der Waals surface area contributed by atoms with E-state index in [1.54, 1.807) is 0 Å². The maximum Gasteiger partial charge on any atom is 0.160 e. The maximum atomic E-state index is 4.92. The lowest BCUT2D eigenvalue weighted by Gasteiger charge is -2.22. The molecule has 1 aliphatic carbocycles. The summed E-state index contributed by atoms with van der Waals surface area (Å²) in [6.07, 6.45) is 8.47. The molecule has 106 valence electrons. The van der Waals surface area contributed by atoms with Gasteiger partial charge in [-0.15, -0.1) is 0 Å². The fourth-order valence-corrected chi connectivity index (χ4v) is 3.36. The Morgan fingerprint density at radius 1 is 0.905 bits per heavy atom. The number of hydrogen-bond acceptors (Lipinski definition) is 2. The van der Waals surface area contributed by atoms with E-state index in [0.717, 1.165) is 22.4 Å². The van der Waals surface area contributed by atoms with Gasteiger partial charge in [0.15, 0.2) is 5.82 Å². The fourth-order valence-electron chi connectivity index (χ4n) is 3.36. The number of aromatic nitrogens is 3. The summed E-state index contributed by atoms with van der Waals surface area (Å²) >= 11 is 0. The summed E-state index contributed by atoms with van der Waals surface area (Å²) in [6, 6.07) is 12.3. The van der Waals surface area contributed by atoms with Crippen molar-refractivity contribution in [3.63, 3.8) is 0 Å². The van der Waals surface area contributed by atoms with E-state index in [-0.39, 0.29) is 0 Å². The van der Waals surface area contributed by atoms with Gasteiger partial charge in [0.05, 0.1) is 16.7 Å². The molecule has 0 radical (unpaired) electrons. The largest absolute Gasteiger partial charge is 0.358 e. The van der Waals surface area contributed by atoms with Crippen molar-refractivity contribution >= 4 is 11.0 Å². The molecule has 0 unspecified atom stereocenters. The zero-order valence-electron chi connectivity index (χ0n) is 12.0. The van der Waals surface area contributed by atoms with Crippen LogP contribution in [0.3, 0.4) is 0 Å². The molecule has 3 heteroatoms. The molecule has 0 spiro atoms. The van der Waals surface area contributed by atoms with Gasteiger partial charge in [-0.1, -0.05) is 49.6 Å². The summed E-state index contributed by atoms with van der Waals surface area (Å²) in [4.78, 5) is 13.0. The molecule has 3 aromatic rings. The molecule has 1 aliphatic rings. The van der Waals surface area contributed by atoms with Gasteiger partial charge >= 0.3 is 0 Å². The number of fused-ring (bicyclic) bond motifs is 1. The summed E-state index contributed by atoms with van der Waals surface area (Å²) < 4.78 is 0. The summed E-state index contributed by atoms with van der Waals surface area (Å²) in [6.45, 7) is 0. The minimum absolute atomic E-state index is 0.574. The minimum Gasteiger partial charge on any atom is -0.358 e. The van der Waals surface area contributed by atoms with Crippen molar-refractivity contribution in [3.8, 4) is 11.4 Å². The Morgan fingerprint density at radius 3 is 2.52 bits per heavy atom. The normalized spacial score (nSPS) is 16.4. The number of aromatic amines is 1. The highest BCUT2D eigenvalue weighted by molar-refractivity contribution is 5.80. The van der Waals surface area contributed by atoms with Gasteiger partial charge in [0.1, 0.15) is 0 Å². The van der Waals surface area contributed by atoms with Crippen molar-refractivity contribution < 1.29 is 0 Å². The molecular formula is C18H19N3. The molecule has 4 rings (SSSR count).